The van der Waals surface area contributed by atoms with E-state index >= 15 is 0 Å². The second-order valence-corrected chi connectivity index (χ2v) is 10.7. The van der Waals surface area contributed by atoms with Crippen molar-refractivity contribution in [3.63, 3.8) is 0 Å². The number of nitrogens with one attached hydrogen (secondary N) is 1. The van der Waals surface area contributed by atoms with Crippen molar-refractivity contribution in [1.29, 1.82) is 0 Å². The first-order valence-electron chi connectivity index (χ1n) is 12.9. The van der Waals surface area contributed by atoms with Gasteiger partial charge in [-0.1, -0.05) is 6.07 Å². The summed E-state index contributed by atoms with van der Waals surface area (Å²) in [7, 11) is 0. The summed E-state index contributed by atoms with van der Waals surface area (Å²) in [5, 5.41) is 6.80. The fourth-order valence-corrected chi connectivity index (χ4v) is 5.80. The van der Waals surface area contributed by atoms with Crippen LogP contribution in [0.2, 0.25) is 0 Å². The molecule has 0 radical (unpaired) electrons. The van der Waals surface area contributed by atoms with Crippen molar-refractivity contribution in [1.82, 2.24) is 20.1 Å². The quantitative estimate of drug-likeness (QED) is 0.391. The number of hydrogen-bond acceptors (Lipinski definition) is 7. The molecule has 1 N–H and O–H groups in total. The first-order chi connectivity index (χ1) is 18.1. The van der Waals surface area contributed by atoms with Crippen LogP contribution in [0.15, 0.2) is 53.7 Å². The molecule has 2 saturated carbocycles. The van der Waals surface area contributed by atoms with E-state index in [4.69, 9.17) is 14.6 Å². The zero-order valence-corrected chi connectivity index (χ0v) is 21.2. The average molecular weight is 517 g/mol. The molecule has 0 spiro atoms. The summed E-state index contributed by atoms with van der Waals surface area (Å²) in [6.07, 6.45) is 14.6. The maximum absolute atomic E-state index is 12.3. The number of rotatable bonds is 7. The van der Waals surface area contributed by atoms with Crippen LogP contribution in [0.1, 0.15) is 56.9 Å². The van der Waals surface area contributed by atoms with E-state index in [1.165, 1.54) is 25.7 Å². The number of carbonyl (C=O) groups is 2. The smallest absolute Gasteiger partial charge is 0.290 e. The van der Waals surface area contributed by atoms with Crippen LogP contribution in [-0.2, 0) is 4.79 Å². The molecule has 0 bridgehead atoms. The third-order valence-electron chi connectivity index (χ3n) is 6.92. The predicted molar refractivity (Wildman–Crippen MR) is 142 cm³/mol. The molecule has 3 aliphatic rings. The normalized spacial score (nSPS) is 19.6. The van der Waals surface area contributed by atoms with Gasteiger partial charge in [0.2, 0.25) is 0 Å². The fourth-order valence-electron chi connectivity index (χ4n) is 5.13. The van der Waals surface area contributed by atoms with Crippen LogP contribution < -0.4 is 14.8 Å². The van der Waals surface area contributed by atoms with Crippen molar-refractivity contribution in [2.45, 2.75) is 63.6 Å². The maximum atomic E-state index is 12.3. The van der Waals surface area contributed by atoms with Gasteiger partial charge in [0, 0.05) is 29.6 Å². The van der Waals surface area contributed by atoms with E-state index in [-0.39, 0.29) is 17.4 Å². The molecule has 2 aromatic heterocycles. The highest BCUT2D eigenvalue weighted by molar-refractivity contribution is 8.18. The monoisotopic (exact) mass is 516 g/mol. The minimum absolute atomic E-state index is 0.201. The molecule has 3 heterocycles. The average Bonchev–Trinajstić information content (AvgIpc) is 3.70. The van der Waals surface area contributed by atoms with Crippen LogP contribution in [0.25, 0.3) is 23.2 Å². The van der Waals surface area contributed by atoms with Crippen molar-refractivity contribution in [2.24, 2.45) is 0 Å². The Morgan fingerprint density at radius 2 is 1.62 bits per heavy atom. The van der Waals surface area contributed by atoms with E-state index in [0.717, 1.165) is 54.5 Å². The van der Waals surface area contributed by atoms with Gasteiger partial charge in [-0.25, -0.2) is 9.67 Å². The van der Waals surface area contributed by atoms with Gasteiger partial charge in [-0.05, 0) is 93.5 Å². The first-order valence-corrected chi connectivity index (χ1v) is 13.7. The van der Waals surface area contributed by atoms with Crippen LogP contribution >= 0.6 is 11.8 Å². The molecule has 190 valence electrons. The fraction of sp³-hybridized carbons (Fsp3) is 0.357. The lowest BCUT2D eigenvalue weighted by atomic mass is 10.1. The van der Waals surface area contributed by atoms with Gasteiger partial charge in [0.05, 0.1) is 17.1 Å². The molecular formula is C28H28N4O4S. The third kappa shape index (κ3) is 5.41. The molecule has 0 unspecified atom stereocenters. The number of imide groups is 1. The maximum Gasteiger partial charge on any atom is 0.290 e. The standard InChI is InChI=1S/C28H28N4O4S/c33-27-24(37-28(34)30-27)15-19-17-32(25-11-5-6-12-29-25)31-26(19)18-13-22(35-20-7-1-2-8-20)16-23(14-18)36-21-9-3-4-10-21/h5-6,11-17,20-21H,1-4,7-10H2,(H,30,33,34). The van der Waals surface area contributed by atoms with E-state index in [1.807, 2.05) is 42.6 Å². The number of aromatic nitrogens is 3. The van der Waals surface area contributed by atoms with Gasteiger partial charge in [-0.15, -0.1) is 0 Å². The highest BCUT2D eigenvalue weighted by Gasteiger charge is 2.27. The summed E-state index contributed by atoms with van der Waals surface area (Å²) in [5.74, 6) is 1.75. The summed E-state index contributed by atoms with van der Waals surface area (Å²) in [6, 6.07) is 11.6. The predicted octanol–water partition coefficient (Wildman–Crippen LogP) is 5.90. The number of thioether (sulfide) groups is 1. The number of benzene rings is 1. The Kier molecular flexibility index (Phi) is 6.70. The Labute approximate surface area is 219 Å². The van der Waals surface area contributed by atoms with Gasteiger partial charge in [0.15, 0.2) is 5.82 Å². The molecule has 3 aromatic rings. The van der Waals surface area contributed by atoms with E-state index in [0.29, 0.717) is 22.0 Å². The van der Waals surface area contributed by atoms with Crippen LogP contribution in [0.4, 0.5) is 4.79 Å². The molecule has 1 saturated heterocycles. The Morgan fingerprint density at radius 3 is 2.19 bits per heavy atom. The first kappa shape index (κ1) is 23.8. The Balaban J connectivity index is 1.43. The van der Waals surface area contributed by atoms with Gasteiger partial charge >= 0.3 is 0 Å². The molecule has 1 aromatic carbocycles. The molecule has 3 fully saturated rings. The molecule has 1 aliphatic heterocycles. The van der Waals surface area contributed by atoms with Gasteiger partial charge in [-0.3, -0.25) is 14.9 Å². The topological polar surface area (TPSA) is 95.3 Å². The third-order valence-corrected chi connectivity index (χ3v) is 7.73. The molecule has 0 atom stereocenters. The molecular weight excluding hydrogens is 488 g/mol. The minimum atomic E-state index is -0.407. The highest BCUT2D eigenvalue weighted by atomic mass is 32.2. The van der Waals surface area contributed by atoms with Crippen molar-refractivity contribution in [2.75, 3.05) is 0 Å². The molecule has 6 rings (SSSR count). The summed E-state index contributed by atoms with van der Waals surface area (Å²) in [6.45, 7) is 0. The van der Waals surface area contributed by atoms with Crippen molar-refractivity contribution < 1.29 is 19.1 Å². The Morgan fingerprint density at radius 1 is 0.946 bits per heavy atom. The molecule has 9 heteroatoms. The second-order valence-electron chi connectivity index (χ2n) is 9.66. The van der Waals surface area contributed by atoms with Crippen molar-refractivity contribution in [3.8, 4) is 28.6 Å². The van der Waals surface area contributed by atoms with E-state index in [2.05, 4.69) is 10.3 Å². The summed E-state index contributed by atoms with van der Waals surface area (Å²) < 4.78 is 14.5. The Bertz CT molecular complexity index is 1310. The van der Waals surface area contributed by atoms with Crippen LogP contribution in [0, 0.1) is 0 Å². The van der Waals surface area contributed by atoms with Crippen LogP contribution in [0.3, 0.4) is 0 Å². The van der Waals surface area contributed by atoms with E-state index in [1.54, 1.807) is 17.0 Å². The van der Waals surface area contributed by atoms with Gasteiger partial charge < -0.3 is 9.47 Å². The molecule has 8 nitrogen and oxygen atoms in total. The van der Waals surface area contributed by atoms with Crippen molar-refractivity contribution >= 4 is 29.0 Å². The van der Waals surface area contributed by atoms with Crippen molar-refractivity contribution in [3.05, 3.63) is 59.3 Å². The lowest BCUT2D eigenvalue weighted by molar-refractivity contribution is -0.115. The molecule has 2 amide bonds. The number of carbonyl (C=O) groups excluding carboxylic acids is 2. The number of hydrogen-bond donors (Lipinski definition) is 1. The van der Waals surface area contributed by atoms with Gasteiger partial charge in [0.25, 0.3) is 11.1 Å². The Hall–Kier alpha value is -3.59. The summed E-state index contributed by atoms with van der Waals surface area (Å²) in [4.78, 5) is 28.8. The number of ether oxygens (including phenoxy) is 2. The highest BCUT2D eigenvalue weighted by Crippen LogP contribution is 2.37. The molecule has 37 heavy (non-hydrogen) atoms. The minimum Gasteiger partial charge on any atom is -0.490 e. The lowest BCUT2D eigenvalue weighted by Crippen LogP contribution is -2.17. The molecule has 2 aliphatic carbocycles. The van der Waals surface area contributed by atoms with Crippen LogP contribution in [0.5, 0.6) is 11.5 Å². The van der Waals surface area contributed by atoms with Gasteiger partial charge in [0.1, 0.15) is 17.2 Å². The van der Waals surface area contributed by atoms with Gasteiger partial charge in [-0.2, -0.15) is 5.10 Å². The lowest BCUT2D eigenvalue weighted by Gasteiger charge is -2.18. The number of pyridine rings is 1. The second kappa shape index (κ2) is 10.4. The van der Waals surface area contributed by atoms with E-state index in [9.17, 15) is 9.59 Å². The summed E-state index contributed by atoms with van der Waals surface area (Å²) >= 11 is 0.886. The zero-order valence-electron chi connectivity index (χ0n) is 20.4. The van der Waals surface area contributed by atoms with E-state index < -0.39 is 5.91 Å². The van der Waals surface area contributed by atoms with Crippen LogP contribution in [-0.4, -0.2) is 38.1 Å². The number of amides is 2. The summed E-state index contributed by atoms with van der Waals surface area (Å²) in [5.41, 5.74) is 2.17. The number of nitrogens with zero attached hydrogens (tertiary/aromatic N) is 3. The largest absolute Gasteiger partial charge is 0.490 e. The zero-order chi connectivity index (χ0) is 25.2. The SMILES string of the molecule is O=C1NC(=O)C(=Cc2cn(-c3ccccn3)nc2-c2cc(OC3CCCC3)cc(OC3CCCC3)c2)S1.